The molecule has 3 heteroatoms. The minimum absolute atomic E-state index is 0.437. The van der Waals surface area contributed by atoms with E-state index in [0.717, 1.165) is 6.54 Å². The number of rotatable bonds is 6. The monoisotopic (exact) mass is 244 g/mol. The van der Waals surface area contributed by atoms with E-state index in [1.807, 2.05) is 0 Å². The summed E-state index contributed by atoms with van der Waals surface area (Å²) in [5.74, 6) is 2.63. The summed E-state index contributed by atoms with van der Waals surface area (Å²) in [4.78, 5) is 2.64. The third kappa shape index (κ3) is 5.07. The third-order valence-corrected chi connectivity index (χ3v) is 4.44. The molecule has 1 fully saturated rings. The maximum atomic E-state index is 3.59. The lowest BCUT2D eigenvalue weighted by Crippen LogP contribution is -2.46. The molecule has 0 bridgehead atoms. The SMILES string of the molecule is CCC(C)(CNC(C)C)CN1CCSCC1. The van der Waals surface area contributed by atoms with Crippen molar-refractivity contribution in [1.29, 1.82) is 0 Å². The molecule has 1 unspecified atom stereocenters. The van der Waals surface area contributed by atoms with Gasteiger partial charge < -0.3 is 10.2 Å². The Balaban J connectivity index is 2.38. The van der Waals surface area contributed by atoms with Gasteiger partial charge in [-0.1, -0.05) is 27.7 Å². The molecule has 0 spiro atoms. The average molecular weight is 244 g/mol. The zero-order valence-corrected chi connectivity index (χ0v) is 12.2. The molecule has 0 saturated carbocycles. The zero-order chi connectivity index (χ0) is 12.0. The highest BCUT2D eigenvalue weighted by Crippen LogP contribution is 2.23. The van der Waals surface area contributed by atoms with Gasteiger partial charge in [0.05, 0.1) is 0 Å². The molecule has 1 aliphatic heterocycles. The van der Waals surface area contributed by atoms with Gasteiger partial charge in [-0.05, 0) is 11.8 Å². The van der Waals surface area contributed by atoms with Crippen molar-refractivity contribution in [3.05, 3.63) is 0 Å². The Morgan fingerprint density at radius 3 is 2.44 bits per heavy atom. The predicted molar refractivity (Wildman–Crippen MR) is 75.3 cm³/mol. The maximum absolute atomic E-state index is 3.59. The molecule has 1 rings (SSSR count). The van der Waals surface area contributed by atoms with Gasteiger partial charge in [0.25, 0.3) is 0 Å². The molecule has 1 N–H and O–H groups in total. The van der Waals surface area contributed by atoms with Gasteiger partial charge in [-0.2, -0.15) is 11.8 Å². The van der Waals surface area contributed by atoms with E-state index in [-0.39, 0.29) is 0 Å². The molecule has 0 aromatic heterocycles. The Morgan fingerprint density at radius 1 is 1.31 bits per heavy atom. The summed E-state index contributed by atoms with van der Waals surface area (Å²) in [5.41, 5.74) is 0.437. The molecule has 2 nitrogen and oxygen atoms in total. The van der Waals surface area contributed by atoms with Crippen molar-refractivity contribution in [2.75, 3.05) is 37.7 Å². The van der Waals surface area contributed by atoms with Crippen LogP contribution < -0.4 is 5.32 Å². The van der Waals surface area contributed by atoms with Crippen LogP contribution in [0.25, 0.3) is 0 Å². The van der Waals surface area contributed by atoms with Gasteiger partial charge in [0.15, 0.2) is 0 Å². The van der Waals surface area contributed by atoms with E-state index in [4.69, 9.17) is 0 Å². The van der Waals surface area contributed by atoms with Crippen LogP contribution in [0.3, 0.4) is 0 Å². The Labute approximate surface area is 106 Å². The number of hydrogen-bond acceptors (Lipinski definition) is 3. The first-order valence-electron chi connectivity index (χ1n) is 6.59. The van der Waals surface area contributed by atoms with Crippen LogP contribution in [-0.2, 0) is 0 Å². The van der Waals surface area contributed by atoms with Gasteiger partial charge in [-0.3, -0.25) is 0 Å². The second-order valence-corrected chi connectivity index (χ2v) is 6.81. The molecule has 1 atom stereocenters. The Bertz CT molecular complexity index is 190. The minimum atomic E-state index is 0.437. The maximum Gasteiger partial charge on any atom is 0.00729 e. The summed E-state index contributed by atoms with van der Waals surface area (Å²) < 4.78 is 0. The lowest BCUT2D eigenvalue weighted by molar-refractivity contribution is 0.163. The normalized spacial score (nSPS) is 22.3. The van der Waals surface area contributed by atoms with Crippen LogP contribution in [0.4, 0.5) is 0 Å². The first kappa shape index (κ1) is 14.3. The molecule has 0 aromatic carbocycles. The zero-order valence-electron chi connectivity index (χ0n) is 11.4. The molecule has 16 heavy (non-hydrogen) atoms. The van der Waals surface area contributed by atoms with Crippen LogP contribution in [0.2, 0.25) is 0 Å². The number of thioether (sulfide) groups is 1. The number of nitrogens with zero attached hydrogens (tertiary/aromatic N) is 1. The van der Waals surface area contributed by atoms with E-state index in [1.165, 1.54) is 37.6 Å². The van der Waals surface area contributed by atoms with Crippen LogP contribution in [-0.4, -0.2) is 48.6 Å². The third-order valence-electron chi connectivity index (χ3n) is 3.50. The van der Waals surface area contributed by atoms with Crippen molar-refractivity contribution < 1.29 is 0 Å². The molecule has 1 heterocycles. The Morgan fingerprint density at radius 2 is 1.94 bits per heavy atom. The highest BCUT2D eigenvalue weighted by atomic mass is 32.2. The van der Waals surface area contributed by atoms with Gasteiger partial charge in [-0.15, -0.1) is 0 Å². The van der Waals surface area contributed by atoms with E-state index in [9.17, 15) is 0 Å². The Hall–Kier alpha value is 0.270. The standard InChI is InChI=1S/C13H28N2S/c1-5-13(4,10-14-12(2)3)11-15-6-8-16-9-7-15/h12,14H,5-11H2,1-4H3. The first-order valence-corrected chi connectivity index (χ1v) is 7.75. The second-order valence-electron chi connectivity index (χ2n) is 5.59. The molecular weight excluding hydrogens is 216 g/mol. The van der Waals surface area contributed by atoms with E-state index >= 15 is 0 Å². The van der Waals surface area contributed by atoms with Gasteiger partial charge in [0.1, 0.15) is 0 Å². The molecule has 0 radical (unpaired) electrons. The highest BCUT2D eigenvalue weighted by molar-refractivity contribution is 7.99. The summed E-state index contributed by atoms with van der Waals surface area (Å²) in [7, 11) is 0. The van der Waals surface area contributed by atoms with E-state index < -0.39 is 0 Å². The molecule has 1 aliphatic rings. The van der Waals surface area contributed by atoms with Gasteiger partial charge >= 0.3 is 0 Å². The van der Waals surface area contributed by atoms with Crippen LogP contribution in [0.1, 0.15) is 34.1 Å². The van der Waals surface area contributed by atoms with Crippen molar-refractivity contribution in [3.63, 3.8) is 0 Å². The minimum Gasteiger partial charge on any atom is -0.314 e. The average Bonchev–Trinajstić information content (AvgIpc) is 2.28. The van der Waals surface area contributed by atoms with Crippen LogP contribution >= 0.6 is 11.8 Å². The van der Waals surface area contributed by atoms with E-state index in [2.05, 4.69) is 49.7 Å². The van der Waals surface area contributed by atoms with Crippen molar-refractivity contribution in [3.8, 4) is 0 Å². The summed E-state index contributed by atoms with van der Waals surface area (Å²) in [6.45, 7) is 14.2. The first-order chi connectivity index (χ1) is 7.56. The van der Waals surface area contributed by atoms with Crippen LogP contribution in [0.5, 0.6) is 0 Å². The lowest BCUT2D eigenvalue weighted by atomic mass is 9.86. The van der Waals surface area contributed by atoms with Gasteiger partial charge in [-0.25, -0.2) is 0 Å². The van der Waals surface area contributed by atoms with Gasteiger partial charge in [0.2, 0.25) is 0 Å². The van der Waals surface area contributed by atoms with Crippen LogP contribution in [0.15, 0.2) is 0 Å². The molecule has 0 aliphatic carbocycles. The largest absolute Gasteiger partial charge is 0.314 e. The van der Waals surface area contributed by atoms with Gasteiger partial charge in [0, 0.05) is 43.7 Å². The fourth-order valence-electron chi connectivity index (χ4n) is 2.04. The molecule has 1 saturated heterocycles. The highest BCUT2D eigenvalue weighted by Gasteiger charge is 2.26. The molecule has 96 valence electrons. The number of hydrogen-bond donors (Lipinski definition) is 1. The van der Waals surface area contributed by atoms with E-state index in [1.54, 1.807) is 0 Å². The van der Waals surface area contributed by atoms with Crippen molar-refractivity contribution in [2.24, 2.45) is 5.41 Å². The smallest absolute Gasteiger partial charge is 0.00729 e. The van der Waals surface area contributed by atoms with Crippen LogP contribution in [0, 0.1) is 5.41 Å². The Kier molecular flexibility index (Phi) is 6.16. The fraction of sp³-hybridized carbons (Fsp3) is 1.00. The summed E-state index contributed by atoms with van der Waals surface area (Å²) >= 11 is 2.09. The lowest BCUT2D eigenvalue weighted by Gasteiger charge is -2.37. The molecule has 0 aromatic rings. The molecular formula is C13H28N2S. The second kappa shape index (κ2) is 6.87. The van der Waals surface area contributed by atoms with Crippen molar-refractivity contribution >= 4 is 11.8 Å². The fourth-order valence-corrected chi connectivity index (χ4v) is 3.02. The van der Waals surface area contributed by atoms with E-state index in [0.29, 0.717) is 11.5 Å². The summed E-state index contributed by atoms with van der Waals surface area (Å²) in [6.07, 6.45) is 1.26. The predicted octanol–water partition coefficient (Wildman–Crippen LogP) is 2.45. The topological polar surface area (TPSA) is 15.3 Å². The summed E-state index contributed by atoms with van der Waals surface area (Å²) in [6, 6.07) is 0.600. The number of nitrogens with one attached hydrogen (secondary N) is 1. The van der Waals surface area contributed by atoms with Crippen molar-refractivity contribution in [2.45, 2.75) is 40.2 Å². The van der Waals surface area contributed by atoms with Crippen molar-refractivity contribution in [1.82, 2.24) is 10.2 Å². The quantitative estimate of drug-likeness (QED) is 0.772. The molecule has 0 amide bonds. The summed E-state index contributed by atoms with van der Waals surface area (Å²) in [5, 5.41) is 3.59.